The standard InChI is InChI=1S/C12H12F2N2S/c1-2-3-10-16-11(12(15)17-10)8-6-7(13)4-5-9(8)14/h4-6H,2-3,15H2,1H3. The molecule has 0 atom stereocenters. The van der Waals surface area contributed by atoms with E-state index in [1.807, 2.05) is 6.92 Å². The van der Waals surface area contributed by atoms with Gasteiger partial charge in [-0.05, 0) is 31.0 Å². The Morgan fingerprint density at radius 2 is 2.12 bits per heavy atom. The summed E-state index contributed by atoms with van der Waals surface area (Å²) in [5.74, 6) is -1.00. The summed E-state index contributed by atoms with van der Waals surface area (Å²) in [7, 11) is 0. The van der Waals surface area contributed by atoms with Gasteiger partial charge in [-0.1, -0.05) is 6.92 Å². The summed E-state index contributed by atoms with van der Waals surface area (Å²) < 4.78 is 26.7. The highest BCUT2D eigenvalue weighted by molar-refractivity contribution is 7.16. The monoisotopic (exact) mass is 254 g/mol. The van der Waals surface area contributed by atoms with Crippen molar-refractivity contribution in [3.05, 3.63) is 34.8 Å². The van der Waals surface area contributed by atoms with Crippen molar-refractivity contribution < 1.29 is 8.78 Å². The Kier molecular flexibility index (Phi) is 3.38. The number of nitrogens with two attached hydrogens (primary N) is 1. The van der Waals surface area contributed by atoms with Gasteiger partial charge in [-0.15, -0.1) is 11.3 Å². The lowest BCUT2D eigenvalue weighted by Crippen LogP contribution is -1.91. The highest BCUT2D eigenvalue weighted by atomic mass is 32.1. The predicted octanol–water partition coefficient (Wildman–Crippen LogP) is 3.62. The largest absolute Gasteiger partial charge is 0.389 e. The maximum Gasteiger partial charge on any atom is 0.132 e. The van der Waals surface area contributed by atoms with Crippen molar-refractivity contribution in [1.29, 1.82) is 0 Å². The van der Waals surface area contributed by atoms with Gasteiger partial charge in [-0.25, -0.2) is 13.8 Å². The van der Waals surface area contributed by atoms with Crippen LogP contribution in [0, 0.1) is 11.6 Å². The quantitative estimate of drug-likeness (QED) is 0.908. The van der Waals surface area contributed by atoms with Crippen molar-refractivity contribution in [1.82, 2.24) is 4.98 Å². The Morgan fingerprint density at radius 1 is 1.35 bits per heavy atom. The molecule has 0 saturated carbocycles. The third-order valence-electron chi connectivity index (χ3n) is 2.35. The van der Waals surface area contributed by atoms with Crippen LogP contribution in [0.15, 0.2) is 18.2 Å². The molecule has 2 aromatic rings. The van der Waals surface area contributed by atoms with Crippen molar-refractivity contribution in [3.63, 3.8) is 0 Å². The molecular formula is C12H12F2N2S. The van der Waals surface area contributed by atoms with Crippen LogP contribution >= 0.6 is 11.3 Å². The van der Waals surface area contributed by atoms with E-state index in [1.165, 1.54) is 11.3 Å². The number of aromatic nitrogens is 1. The number of halogens is 2. The van der Waals surface area contributed by atoms with Gasteiger partial charge in [0, 0.05) is 5.56 Å². The van der Waals surface area contributed by atoms with Gasteiger partial charge < -0.3 is 5.73 Å². The first-order chi connectivity index (χ1) is 8.11. The van der Waals surface area contributed by atoms with Crippen LogP contribution in [-0.4, -0.2) is 4.98 Å². The maximum absolute atomic E-state index is 13.6. The molecule has 0 fully saturated rings. The fourth-order valence-corrected chi connectivity index (χ4v) is 2.52. The van der Waals surface area contributed by atoms with Crippen LogP contribution in [0.25, 0.3) is 11.3 Å². The van der Waals surface area contributed by atoms with E-state index in [4.69, 9.17) is 5.73 Å². The third-order valence-corrected chi connectivity index (χ3v) is 3.29. The fourth-order valence-electron chi connectivity index (χ4n) is 1.57. The maximum atomic E-state index is 13.6. The first-order valence-electron chi connectivity index (χ1n) is 5.32. The van der Waals surface area contributed by atoms with Gasteiger partial charge in [0.15, 0.2) is 0 Å². The van der Waals surface area contributed by atoms with Crippen molar-refractivity contribution in [3.8, 4) is 11.3 Å². The van der Waals surface area contributed by atoms with Crippen LogP contribution in [0.3, 0.4) is 0 Å². The molecule has 1 heterocycles. The number of thiazole rings is 1. The summed E-state index contributed by atoms with van der Waals surface area (Å²) in [4.78, 5) is 4.26. The number of nitrogen functional groups attached to an aromatic ring is 1. The zero-order chi connectivity index (χ0) is 12.4. The zero-order valence-corrected chi connectivity index (χ0v) is 10.2. The van der Waals surface area contributed by atoms with Gasteiger partial charge >= 0.3 is 0 Å². The summed E-state index contributed by atoms with van der Waals surface area (Å²) in [6.07, 6.45) is 1.74. The van der Waals surface area contributed by atoms with Gasteiger partial charge in [0.05, 0.1) is 5.01 Å². The summed E-state index contributed by atoms with van der Waals surface area (Å²) >= 11 is 1.33. The van der Waals surface area contributed by atoms with Crippen molar-refractivity contribution in [2.75, 3.05) is 5.73 Å². The van der Waals surface area contributed by atoms with E-state index in [0.717, 1.165) is 36.0 Å². The molecule has 2 rings (SSSR count). The molecule has 90 valence electrons. The Morgan fingerprint density at radius 3 is 2.82 bits per heavy atom. The molecule has 0 aliphatic carbocycles. The molecule has 0 aliphatic rings. The van der Waals surface area contributed by atoms with E-state index in [1.54, 1.807) is 0 Å². The number of hydrogen-bond acceptors (Lipinski definition) is 3. The molecule has 0 aliphatic heterocycles. The van der Waals surface area contributed by atoms with E-state index in [2.05, 4.69) is 4.98 Å². The smallest absolute Gasteiger partial charge is 0.132 e. The lowest BCUT2D eigenvalue weighted by Gasteiger charge is -2.00. The molecule has 0 radical (unpaired) electrons. The Labute approximate surface area is 102 Å². The number of aryl methyl sites for hydroxylation is 1. The van der Waals surface area contributed by atoms with Crippen LogP contribution in [0.5, 0.6) is 0 Å². The van der Waals surface area contributed by atoms with Crippen LogP contribution < -0.4 is 5.73 Å². The van der Waals surface area contributed by atoms with Crippen LogP contribution in [0.1, 0.15) is 18.4 Å². The number of benzene rings is 1. The number of rotatable bonds is 3. The topological polar surface area (TPSA) is 38.9 Å². The molecule has 0 amide bonds. The molecule has 0 bridgehead atoms. The highest BCUT2D eigenvalue weighted by Crippen LogP contribution is 2.32. The fraction of sp³-hybridized carbons (Fsp3) is 0.250. The van der Waals surface area contributed by atoms with Crippen molar-refractivity contribution >= 4 is 16.3 Å². The summed E-state index contributed by atoms with van der Waals surface area (Å²) in [6.45, 7) is 2.03. The molecule has 1 aromatic heterocycles. The molecule has 5 heteroatoms. The van der Waals surface area contributed by atoms with Crippen molar-refractivity contribution in [2.45, 2.75) is 19.8 Å². The summed E-state index contributed by atoms with van der Waals surface area (Å²) in [5.41, 5.74) is 6.26. The van der Waals surface area contributed by atoms with Gasteiger partial charge in [-0.3, -0.25) is 0 Å². The minimum Gasteiger partial charge on any atom is -0.389 e. The third kappa shape index (κ3) is 2.44. The van der Waals surface area contributed by atoms with Crippen LogP contribution in [0.2, 0.25) is 0 Å². The van der Waals surface area contributed by atoms with Crippen molar-refractivity contribution in [2.24, 2.45) is 0 Å². The SMILES string of the molecule is CCCc1nc(-c2cc(F)ccc2F)c(N)s1. The summed E-state index contributed by atoms with van der Waals surface area (Å²) in [5, 5.41) is 1.28. The molecule has 1 aromatic carbocycles. The number of nitrogens with zero attached hydrogens (tertiary/aromatic N) is 1. The minimum absolute atomic E-state index is 0.126. The second kappa shape index (κ2) is 4.79. The van der Waals surface area contributed by atoms with Gasteiger partial charge in [0.1, 0.15) is 22.3 Å². The van der Waals surface area contributed by atoms with Gasteiger partial charge in [-0.2, -0.15) is 0 Å². The normalized spacial score (nSPS) is 10.8. The van der Waals surface area contributed by atoms with E-state index in [0.29, 0.717) is 10.7 Å². The Bertz CT molecular complexity index is 537. The zero-order valence-electron chi connectivity index (χ0n) is 9.34. The average molecular weight is 254 g/mol. The Balaban J connectivity index is 2.48. The van der Waals surface area contributed by atoms with Gasteiger partial charge in [0.2, 0.25) is 0 Å². The van der Waals surface area contributed by atoms with E-state index in [9.17, 15) is 8.78 Å². The molecule has 17 heavy (non-hydrogen) atoms. The predicted molar refractivity (Wildman–Crippen MR) is 65.9 cm³/mol. The number of anilines is 1. The van der Waals surface area contributed by atoms with E-state index >= 15 is 0 Å². The molecule has 2 N–H and O–H groups in total. The molecule has 0 unspecified atom stereocenters. The number of hydrogen-bond donors (Lipinski definition) is 1. The minimum atomic E-state index is -0.508. The summed E-state index contributed by atoms with van der Waals surface area (Å²) in [6, 6.07) is 3.29. The Hall–Kier alpha value is -1.49. The second-order valence-corrected chi connectivity index (χ2v) is 4.81. The van der Waals surface area contributed by atoms with E-state index in [-0.39, 0.29) is 5.56 Å². The van der Waals surface area contributed by atoms with Gasteiger partial charge in [0.25, 0.3) is 0 Å². The lowest BCUT2D eigenvalue weighted by atomic mass is 10.1. The molecular weight excluding hydrogens is 242 g/mol. The molecule has 0 spiro atoms. The van der Waals surface area contributed by atoms with Crippen LogP contribution in [-0.2, 0) is 6.42 Å². The molecule has 2 nitrogen and oxygen atoms in total. The van der Waals surface area contributed by atoms with E-state index < -0.39 is 11.6 Å². The second-order valence-electron chi connectivity index (χ2n) is 3.69. The highest BCUT2D eigenvalue weighted by Gasteiger charge is 2.14. The first kappa shape index (κ1) is 12.0. The van der Waals surface area contributed by atoms with Crippen LogP contribution in [0.4, 0.5) is 13.8 Å². The molecule has 0 saturated heterocycles. The average Bonchev–Trinajstić information content (AvgIpc) is 2.64. The lowest BCUT2D eigenvalue weighted by molar-refractivity contribution is 0.603. The first-order valence-corrected chi connectivity index (χ1v) is 6.14.